The first-order valence-electron chi connectivity index (χ1n) is 7.56. The van der Waals surface area contributed by atoms with Crippen LogP contribution in [-0.4, -0.2) is 12.3 Å². The van der Waals surface area contributed by atoms with Crippen LogP contribution in [0, 0.1) is 20.8 Å². The Labute approximate surface area is 138 Å². The van der Waals surface area contributed by atoms with Gasteiger partial charge in [0.25, 0.3) is 0 Å². The van der Waals surface area contributed by atoms with Crippen molar-refractivity contribution in [1.82, 2.24) is 0 Å². The van der Waals surface area contributed by atoms with E-state index in [2.05, 4.69) is 0 Å². The van der Waals surface area contributed by atoms with E-state index < -0.39 is 12.3 Å². The Morgan fingerprint density at radius 2 is 1.71 bits per heavy atom. The van der Waals surface area contributed by atoms with Gasteiger partial charge in [0.05, 0.1) is 0 Å². The third-order valence-electron chi connectivity index (χ3n) is 3.96. The van der Waals surface area contributed by atoms with Gasteiger partial charge in [-0.15, -0.1) is 0 Å². The monoisotopic (exact) mass is 334 g/mol. The zero-order chi connectivity index (χ0) is 17.5. The molecule has 0 aromatic heterocycles. The zero-order valence-electron chi connectivity index (χ0n) is 13.6. The van der Waals surface area contributed by atoms with Gasteiger partial charge >= 0.3 is 6.18 Å². The highest BCUT2D eigenvalue weighted by molar-refractivity contribution is 5.65. The molecule has 0 bridgehead atoms. The molecular weight excluding hydrogens is 317 g/mol. The Morgan fingerprint density at radius 3 is 2.38 bits per heavy atom. The largest absolute Gasteiger partial charge is 0.476 e. The Morgan fingerprint density at radius 1 is 1.00 bits per heavy atom. The standard InChI is InChI=1S/C19H17F3O2/c1-11-4-7-15(12(2)10-11)23-16-8-5-14-6-9-17(19(20,21)22)24-18(14)13(16)3/h4-10,17H,1-3H3. The summed E-state index contributed by atoms with van der Waals surface area (Å²) in [7, 11) is 0. The van der Waals surface area contributed by atoms with Crippen molar-refractivity contribution in [1.29, 1.82) is 0 Å². The molecule has 0 spiro atoms. The number of benzene rings is 2. The molecule has 2 aromatic carbocycles. The van der Waals surface area contributed by atoms with E-state index in [1.54, 1.807) is 19.1 Å². The molecule has 0 radical (unpaired) electrons. The summed E-state index contributed by atoms with van der Waals surface area (Å²) in [6.07, 6.45) is -3.91. The fourth-order valence-corrected chi connectivity index (χ4v) is 2.66. The molecule has 1 aliphatic rings. The van der Waals surface area contributed by atoms with Crippen LogP contribution in [0.4, 0.5) is 13.2 Å². The van der Waals surface area contributed by atoms with Crippen LogP contribution >= 0.6 is 0 Å². The topological polar surface area (TPSA) is 18.5 Å². The molecule has 0 saturated heterocycles. The van der Waals surface area contributed by atoms with E-state index >= 15 is 0 Å². The van der Waals surface area contributed by atoms with Gasteiger partial charge in [-0.3, -0.25) is 0 Å². The number of alkyl halides is 3. The molecule has 0 N–H and O–H groups in total. The summed E-state index contributed by atoms with van der Waals surface area (Å²) in [6.45, 7) is 5.61. The van der Waals surface area contributed by atoms with Crippen molar-refractivity contribution in [3.63, 3.8) is 0 Å². The number of hydrogen-bond acceptors (Lipinski definition) is 2. The van der Waals surface area contributed by atoms with Gasteiger partial charge in [0, 0.05) is 11.1 Å². The molecule has 1 unspecified atom stereocenters. The summed E-state index contributed by atoms with van der Waals surface area (Å²) in [6, 6.07) is 9.21. The molecule has 2 nitrogen and oxygen atoms in total. The maximum absolute atomic E-state index is 12.9. The highest BCUT2D eigenvalue weighted by atomic mass is 19.4. The van der Waals surface area contributed by atoms with Gasteiger partial charge in [-0.25, -0.2) is 0 Å². The number of aryl methyl sites for hydroxylation is 2. The summed E-state index contributed by atoms with van der Waals surface area (Å²) < 4.78 is 49.8. The minimum absolute atomic E-state index is 0.210. The van der Waals surface area contributed by atoms with Crippen molar-refractivity contribution in [3.05, 3.63) is 58.7 Å². The lowest BCUT2D eigenvalue weighted by Gasteiger charge is -2.25. The van der Waals surface area contributed by atoms with Crippen molar-refractivity contribution in [3.8, 4) is 17.2 Å². The van der Waals surface area contributed by atoms with Gasteiger partial charge in [0.15, 0.2) is 0 Å². The van der Waals surface area contributed by atoms with Crippen LogP contribution in [0.1, 0.15) is 22.3 Å². The molecule has 1 heterocycles. The van der Waals surface area contributed by atoms with Crippen LogP contribution in [0.5, 0.6) is 17.2 Å². The number of fused-ring (bicyclic) bond motifs is 1. The molecule has 0 amide bonds. The third kappa shape index (κ3) is 3.11. The third-order valence-corrected chi connectivity index (χ3v) is 3.96. The Kier molecular flexibility index (Phi) is 4.03. The summed E-state index contributed by atoms with van der Waals surface area (Å²) in [5.41, 5.74) is 3.23. The Bertz CT molecular complexity index is 807. The molecule has 0 aliphatic carbocycles. The van der Waals surface area contributed by atoms with Crippen LogP contribution in [0.25, 0.3) is 6.08 Å². The zero-order valence-corrected chi connectivity index (χ0v) is 13.6. The van der Waals surface area contributed by atoms with Crippen LogP contribution < -0.4 is 9.47 Å². The van der Waals surface area contributed by atoms with E-state index in [1.807, 2.05) is 32.0 Å². The highest BCUT2D eigenvalue weighted by Gasteiger charge is 2.41. The van der Waals surface area contributed by atoms with E-state index in [4.69, 9.17) is 9.47 Å². The van der Waals surface area contributed by atoms with Gasteiger partial charge in [-0.2, -0.15) is 13.2 Å². The summed E-state index contributed by atoms with van der Waals surface area (Å²) >= 11 is 0. The second-order valence-corrected chi connectivity index (χ2v) is 5.92. The maximum Gasteiger partial charge on any atom is 0.429 e. The molecule has 2 aromatic rings. The van der Waals surface area contributed by atoms with Gasteiger partial charge in [0.1, 0.15) is 17.2 Å². The Hall–Kier alpha value is -2.43. The number of hydrogen-bond donors (Lipinski definition) is 0. The van der Waals surface area contributed by atoms with E-state index in [-0.39, 0.29) is 5.75 Å². The van der Waals surface area contributed by atoms with E-state index in [1.165, 1.54) is 6.08 Å². The van der Waals surface area contributed by atoms with Crippen molar-refractivity contribution in [2.75, 3.05) is 0 Å². The molecule has 5 heteroatoms. The fraction of sp³-hybridized carbons (Fsp3) is 0.263. The van der Waals surface area contributed by atoms with Crippen LogP contribution in [0.15, 0.2) is 36.4 Å². The number of ether oxygens (including phenoxy) is 2. The minimum atomic E-state index is -4.44. The second-order valence-electron chi connectivity index (χ2n) is 5.92. The Balaban J connectivity index is 1.94. The van der Waals surface area contributed by atoms with Crippen molar-refractivity contribution < 1.29 is 22.6 Å². The molecule has 1 atom stereocenters. The average molecular weight is 334 g/mol. The molecule has 1 aliphatic heterocycles. The van der Waals surface area contributed by atoms with Gasteiger partial charge < -0.3 is 9.47 Å². The first-order chi connectivity index (χ1) is 11.3. The smallest absolute Gasteiger partial charge is 0.429 e. The molecule has 24 heavy (non-hydrogen) atoms. The lowest BCUT2D eigenvalue weighted by Crippen LogP contribution is -2.34. The quantitative estimate of drug-likeness (QED) is 0.697. The van der Waals surface area contributed by atoms with Crippen molar-refractivity contribution >= 4 is 6.08 Å². The predicted molar refractivity (Wildman–Crippen MR) is 86.7 cm³/mol. The first-order valence-corrected chi connectivity index (χ1v) is 7.56. The maximum atomic E-state index is 12.9. The normalized spacial score (nSPS) is 16.5. The number of rotatable bonds is 2. The molecule has 0 saturated carbocycles. The van der Waals surface area contributed by atoms with E-state index in [0.717, 1.165) is 17.2 Å². The van der Waals surface area contributed by atoms with Crippen LogP contribution in [0.2, 0.25) is 0 Å². The van der Waals surface area contributed by atoms with Gasteiger partial charge in [0.2, 0.25) is 6.10 Å². The van der Waals surface area contributed by atoms with Gasteiger partial charge in [-0.1, -0.05) is 23.8 Å². The summed E-state index contributed by atoms with van der Waals surface area (Å²) in [5.74, 6) is 1.36. The summed E-state index contributed by atoms with van der Waals surface area (Å²) in [5, 5.41) is 0. The van der Waals surface area contributed by atoms with Crippen molar-refractivity contribution in [2.45, 2.75) is 33.1 Å². The molecule has 126 valence electrons. The molecule has 3 rings (SSSR count). The van der Waals surface area contributed by atoms with Crippen LogP contribution in [0.3, 0.4) is 0 Å². The number of halogens is 3. The second kappa shape index (κ2) is 5.89. The summed E-state index contributed by atoms with van der Waals surface area (Å²) in [4.78, 5) is 0. The average Bonchev–Trinajstić information content (AvgIpc) is 2.51. The molecular formula is C19H17F3O2. The van der Waals surface area contributed by atoms with Crippen LogP contribution in [-0.2, 0) is 0 Å². The van der Waals surface area contributed by atoms with E-state index in [0.29, 0.717) is 22.6 Å². The fourth-order valence-electron chi connectivity index (χ4n) is 2.66. The lowest BCUT2D eigenvalue weighted by molar-refractivity contribution is -0.180. The van der Waals surface area contributed by atoms with E-state index in [9.17, 15) is 13.2 Å². The molecule has 0 fully saturated rings. The minimum Gasteiger partial charge on any atom is -0.476 e. The lowest BCUT2D eigenvalue weighted by atomic mass is 10.0. The predicted octanol–water partition coefficient (Wildman–Crippen LogP) is 5.74. The SMILES string of the molecule is Cc1ccc(Oc2ccc3c(c2C)OC(C(F)(F)F)C=C3)c(C)c1. The first kappa shape index (κ1) is 16.4. The van der Waals surface area contributed by atoms with Gasteiger partial charge in [-0.05, 0) is 50.6 Å². The van der Waals surface area contributed by atoms with Crippen molar-refractivity contribution in [2.24, 2.45) is 0 Å². The highest BCUT2D eigenvalue weighted by Crippen LogP contribution is 2.40.